The van der Waals surface area contributed by atoms with Gasteiger partial charge in [0.1, 0.15) is 23.2 Å². The number of halogens is 3. The zero-order valence-corrected chi connectivity index (χ0v) is 15.6. The van der Waals surface area contributed by atoms with E-state index >= 15 is 0 Å². The van der Waals surface area contributed by atoms with E-state index in [1.165, 1.54) is 6.20 Å². The van der Waals surface area contributed by atoms with E-state index in [1.54, 1.807) is 28.9 Å². The first-order chi connectivity index (χ1) is 14.6. The monoisotopic (exact) mass is 414 g/mol. The first kappa shape index (κ1) is 18.6. The molecule has 11 heteroatoms. The maximum atomic E-state index is 14.6. The highest BCUT2D eigenvalue weighted by Gasteiger charge is 2.26. The summed E-state index contributed by atoms with van der Waals surface area (Å²) in [7, 11) is 0. The van der Waals surface area contributed by atoms with Gasteiger partial charge in [-0.15, -0.1) is 0 Å². The lowest BCUT2D eigenvalue weighted by atomic mass is 10.1. The van der Waals surface area contributed by atoms with Crippen molar-refractivity contribution in [1.29, 1.82) is 0 Å². The molecule has 3 N–H and O–H groups in total. The number of imidazole rings is 1. The summed E-state index contributed by atoms with van der Waals surface area (Å²) in [4.78, 5) is 8.42. The second kappa shape index (κ2) is 7.41. The van der Waals surface area contributed by atoms with Crippen LogP contribution in [0.4, 0.5) is 19.0 Å². The van der Waals surface area contributed by atoms with Gasteiger partial charge in [0.05, 0.1) is 24.1 Å². The van der Waals surface area contributed by atoms with Gasteiger partial charge in [0.25, 0.3) is 0 Å². The number of hydrogen-bond acceptors (Lipinski definition) is 6. The number of pyridine rings is 2. The zero-order valence-electron chi connectivity index (χ0n) is 15.6. The van der Waals surface area contributed by atoms with Crippen LogP contribution in [0.1, 0.15) is 6.42 Å². The van der Waals surface area contributed by atoms with Crippen LogP contribution in [0.5, 0.6) is 0 Å². The van der Waals surface area contributed by atoms with Crippen LogP contribution >= 0.6 is 0 Å². The average Bonchev–Trinajstić information content (AvgIpc) is 3.41. The van der Waals surface area contributed by atoms with Gasteiger partial charge >= 0.3 is 0 Å². The molecular weight excluding hydrogens is 397 g/mol. The maximum Gasteiger partial charge on any atom is 0.168 e. The van der Waals surface area contributed by atoms with Crippen molar-refractivity contribution in [2.24, 2.45) is 0 Å². The van der Waals surface area contributed by atoms with Crippen molar-refractivity contribution in [2.45, 2.75) is 18.6 Å². The zero-order chi connectivity index (χ0) is 20.7. The predicted octanol–water partition coefficient (Wildman–Crippen LogP) is 2.57. The van der Waals surface area contributed by atoms with E-state index in [0.717, 1.165) is 11.6 Å². The van der Waals surface area contributed by atoms with Gasteiger partial charge in [0.15, 0.2) is 17.5 Å². The van der Waals surface area contributed by atoms with Gasteiger partial charge in [-0.25, -0.2) is 23.1 Å². The summed E-state index contributed by atoms with van der Waals surface area (Å²) in [5.41, 5.74) is 2.21. The van der Waals surface area contributed by atoms with Gasteiger partial charge in [-0.1, -0.05) is 0 Å². The smallest absolute Gasteiger partial charge is 0.168 e. The highest BCUT2D eigenvalue weighted by atomic mass is 19.1. The van der Waals surface area contributed by atoms with Gasteiger partial charge in [0, 0.05) is 24.4 Å². The molecule has 1 aliphatic rings. The van der Waals surface area contributed by atoms with Gasteiger partial charge in [-0.05, 0) is 25.1 Å². The predicted molar refractivity (Wildman–Crippen MR) is 104 cm³/mol. The standard InChI is InChI=1S/C19H17F3N8/c20-11-1-3-23-7-15(11)26-19-13(22)6-12(21)18(27-19)16-9-24-17-5-10(2-4-30(16)17)14-8-25-29-28-14/h2,4-6,8-9,11,15,23H,1,3,7H2,(H,26,27)(H,25,28,29)/t11-,15-/m1/s1. The molecule has 2 atom stereocenters. The molecule has 0 spiro atoms. The fraction of sp³-hybridized carbons (Fsp3) is 0.263. The molecule has 8 nitrogen and oxygen atoms in total. The molecule has 0 saturated carbocycles. The van der Waals surface area contributed by atoms with Crippen molar-refractivity contribution in [1.82, 2.24) is 35.1 Å². The topological polar surface area (TPSA) is 95.8 Å². The van der Waals surface area contributed by atoms with E-state index in [1.807, 2.05) is 0 Å². The van der Waals surface area contributed by atoms with Gasteiger partial charge in [-0.3, -0.25) is 4.40 Å². The number of H-pyrrole nitrogens is 1. The van der Waals surface area contributed by atoms with Crippen molar-refractivity contribution < 1.29 is 13.2 Å². The first-order valence-corrected chi connectivity index (χ1v) is 9.41. The minimum absolute atomic E-state index is 0.0836. The van der Waals surface area contributed by atoms with Crippen LogP contribution in [0.3, 0.4) is 0 Å². The van der Waals surface area contributed by atoms with Crippen molar-refractivity contribution in [3.63, 3.8) is 0 Å². The van der Waals surface area contributed by atoms with E-state index < -0.39 is 23.8 Å². The third kappa shape index (κ3) is 3.26. The van der Waals surface area contributed by atoms with Crippen LogP contribution in [0.2, 0.25) is 0 Å². The van der Waals surface area contributed by atoms with E-state index in [2.05, 4.69) is 36.0 Å². The first-order valence-electron chi connectivity index (χ1n) is 9.41. The number of hydrogen-bond donors (Lipinski definition) is 3. The van der Waals surface area contributed by atoms with Crippen LogP contribution in [-0.4, -0.2) is 55.1 Å². The maximum absolute atomic E-state index is 14.6. The molecule has 1 saturated heterocycles. The average molecular weight is 414 g/mol. The number of rotatable bonds is 4. The Hall–Kier alpha value is -3.47. The summed E-state index contributed by atoms with van der Waals surface area (Å²) in [5.74, 6) is -1.91. The summed E-state index contributed by atoms with van der Waals surface area (Å²) >= 11 is 0. The van der Waals surface area contributed by atoms with E-state index in [4.69, 9.17) is 0 Å². The summed E-state index contributed by atoms with van der Waals surface area (Å²) in [6, 6.07) is 3.64. The van der Waals surface area contributed by atoms with Crippen LogP contribution in [-0.2, 0) is 0 Å². The summed E-state index contributed by atoms with van der Waals surface area (Å²) in [5, 5.41) is 16.2. The Balaban J connectivity index is 1.52. The Kier molecular flexibility index (Phi) is 4.58. The summed E-state index contributed by atoms with van der Waals surface area (Å²) < 4.78 is 44.7. The van der Waals surface area contributed by atoms with Crippen molar-refractivity contribution >= 4 is 11.5 Å². The minimum atomic E-state index is -1.15. The van der Waals surface area contributed by atoms with Crippen molar-refractivity contribution in [2.75, 3.05) is 18.4 Å². The molecule has 0 bridgehead atoms. The van der Waals surface area contributed by atoms with E-state index in [-0.39, 0.29) is 11.5 Å². The number of nitrogens with zero attached hydrogens (tertiary/aromatic N) is 5. The number of alkyl halides is 1. The molecule has 154 valence electrons. The van der Waals surface area contributed by atoms with Gasteiger partial charge < -0.3 is 10.6 Å². The van der Waals surface area contributed by atoms with E-state index in [0.29, 0.717) is 36.5 Å². The molecule has 4 aromatic rings. The van der Waals surface area contributed by atoms with Crippen molar-refractivity contribution in [3.05, 3.63) is 48.4 Å². The number of fused-ring (bicyclic) bond motifs is 1. The van der Waals surface area contributed by atoms with Crippen LogP contribution in [0, 0.1) is 11.6 Å². The third-order valence-corrected chi connectivity index (χ3v) is 5.12. The summed E-state index contributed by atoms with van der Waals surface area (Å²) in [6.45, 7) is 0.886. The Labute approximate surface area is 168 Å². The molecule has 5 heterocycles. The SMILES string of the molecule is Fc1cc(F)c(-c2cnc3cc(-c4cn[nH]n4)ccn23)nc1N[C@@H]1CNCC[C@H]1F. The second-order valence-electron chi connectivity index (χ2n) is 7.05. The molecule has 5 rings (SSSR count). The Morgan fingerprint density at radius 1 is 1.17 bits per heavy atom. The number of nitrogens with one attached hydrogen (secondary N) is 3. The number of aromatic amines is 1. The Morgan fingerprint density at radius 2 is 2.07 bits per heavy atom. The molecule has 1 aliphatic heterocycles. The van der Waals surface area contributed by atoms with Crippen LogP contribution in [0.25, 0.3) is 28.3 Å². The Morgan fingerprint density at radius 3 is 2.87 bits per heavy atom. The van der Waals surface area contributed by atoms with Crippen LogP contribution in [0.15, 0.2) is 36.8 Å². The normalized spacial score (nSPS) is 19.3. The van der Waals surface area contributed by atoms with Gasteiger partial charge in [0.2, 0.25) is 0 Å². The quantitative estimate of drug-likeness (QED) is 0.475. The fourth-order valence-corrected chi connectivity index (χ4v) is 3.55. The fourth-order valence-electron chi connectivity index (χ4n) is 3.55. The summed E-state index contributed by atoms with van der Waals surface area (Å²) in [6.07, 6.45) is 3.89. The Bertz CT molecular complexity index is 1190. The lowest BCUT2D eigenvalue weighted by Gasteiger charge is -2.28. The molecular formula is C19H17F3N8. The highest BCUT2D eigenvalue weighted by Crippen LogP contribution is 2.28. The van der Waals surface area contributed by atoms with Gasteiger partial charge in [-0.2, -0.15) is 15.4 Å². The molecule has 1 fully saturated rings. The van der Waals surface area contributed by atoms with E-state index in [9.17, 15) is 13.2 Å². The highest BCUT2D eigenvalue weighted by molar-refractivity contribution is 5.68. The van der Waals surface area contributed by atoms with Crippen LogP contribution < -0.4 is 10.6 Å². The molecule has 0 amide bonds. The molecule has 0 aliphatic carbocycles. The van der Waals surface area contributed by atoms with Crippen molar-refractivity contribution in [3.8, 4) is 22.6 Å². The minimum Gasteiger partial charge on any atom is -0.361 e. The molecule has 4 aromatic heterocycles. The third-order valence-electron chi connectivity index (χ3n) is 5.12. The second-order valence-corrected chi connectivity index (χ2v) is 7.05. The lowest BCUT2D eigenvalue weighted by molar-refractivity contribution is 0.240. The number of aromatic nitrogens is 6. The molecule has 0 unspecified atom stereocenters. The molecule has 0 aromatic carbocycles. The number of anilines is 1. The molecule has 0 radical (unpaired) electrons. The molecule has 30 heavy (non-hydrogen) atoms. The number of piperidine rings is 1. The largest absolute Gasteiger partial charge is 0.361 e. The lowest BCUT2D eigenvalue weighted by Crippen LogP contribution is -2.46.